The zero-order valence-corrected chi connectivity index (χ0v) is 6.38. The molecule has 0 atom stereocenters. The summed E-state index contributed by atoms with van der Waals surface area (Å²) in [5.41, 5.74) is 0.0667. The number of hydrogen-bond acceptors (Lipinski definition) is 3. The van der Waals surface area contributed by atoms with Crippen LogP contribution >= 0.6 is 0 Å². The molecule has 1 aromatic heterocycles. The summed E-state index contributed by atoms with van der Waals surface area (Å²) in [4.78, 5) is 3.30. The molecule has 72 valence electrons. The molecule has 13 heavy (non-hydrogen) atoms. The monoisotopic (exact) mass is 193 g/mol. The molecule has 0 saturated heterocycles. The maximum atomic E-state index is 12.7. The van der Waals surface area contributed by atoms with Gasteiger partial charge < -0.3 is 9.84 Å². The Morgan fingerprint density at radius 2 is 2.15 bits per heavy atom. The second kappa shape index (κ2) is 4.08. The molecule has 0 aliphatic rings. The summed E-state index contributed by atoms with van der Waals surface area (Å²) < 4.78 is 39.7. The predicted octanol–water partition coefficient (Wildman–Crippen LogP) is 1.31. The quantitative estimate of drug-likeness (QED) is 0.787. The Bertz CT molecular complexity index is 293. The van der Waals surface area contributed by atoms with Crippen LogP contribution in [-0.2, 0) is 6.61 Å². The van der Waals surface area contributed by atoms with Crippen molar-refractivity contribution in [3.63, 3.8) is 0 Å². The fraction of sp³-hybridized carbons (Fsp3) is 0.286. The summed E-state index contributed by atoms with van der Waals surface area (Å²) >= 11 is 0. The highest BCUT2D eigenvalue weighted by atomic mass is 19.3. The van der Waals surface area contributed by atoms with Gasteiger partial charge in [-0.2, -0.15) is 8.78 Å². The lowest BCUT2D eigenvalue weighted by Crippen LogP contribution is -2.06. The highest BCUT2D eigenvalue weighted by molar-refractivity contribution is 5.17. The van der Waals surface area contributed by atoms with E-state index in [9.17, 15) is 13.2 Å². The fourth-order valence-electron chi connectivity index (χ4n) is 0.717. The van der Waals surface area contributed by atoms with E-state index in [2.05, 4.69) is 9.72 Å². The van der Waals surface area contributed by atoms with Crippen molar-refractivity contribution in [3.05, 3.63) is 23.6 Å². The molecular formula is C7H6F3NO2. The number of ether oxygens (including phenoxy) is 1. The minimum atomic E-state index is -3.13. The second-order valence-corrected chi connectivity index (χ2v) is 2.13. The van der Waals surface area contributed by atoms with Gasteiger partial charge in [-0.25, -0.2) is 9.37 Å². The van der Waals surface area contributed by atoms with Gasteiger partial charge >= 0.3 is 6.61 Å². The average molecular weight is 193 g/mol. The lowest BCUT2D eigenvalue weighted by Gasteiger charge is -2.05. The molecule has 0 spiro atoms. The first kappa shape index (κ1) is 9.79. The minimum Gasteiger partial charge on any atom is -0.414 e. The third-order valence-electron chi connectivity index (χ3n) is 1.23. The Morgan fingerprint density at radius 1 is 1.46 bits per heavy atom. The Hall–Kier alpha value is -1.30. The number of aromatic nitrogens is 1. The smallest absolute Gasteiger partial charge is 0.388 e. The van der Waals surface area contributed by atoms with Crippen LogP contribution in [0.25, 0.3) is 0 Å². The first-order valence-corrected chi connectivity index (χ1v) is 3.34. The van der Waals surface area contributed by atoms with E-state index in [1.54, 1.807) is 0 Å². The van der Waals surface area contributed by atoms with E-state index < -0.39 is 24.9 Å². The Morgan fingerprint density at radius 3 is 2.69 bits per heavy atom. The van der Waals surface area contributed by atoms with Crippen LogP contribution in [0.2, 0.25) is 0 Å². The molecule has 1 heterocycles. The van der Waals surface area contributed by atoms with Crippen LogP contribution in [-0.4, -0.2) is 16.7 Å². The van der Waals surface area contributed by atoms with E-state index in [0.29, 0.717) is 0 Å². The first-order chi connectivity index (χ1) is 6.13. The Labute approximate surface area is 71.8 Å². The van der Waals surface area contributed by atoms with Crippen molar-refractivity contribution in [3.8, 4) is 5.88 Å². The molecule has 0 bridgehead atoms. The van der Waals surface area contributed by atoms with Gasteiger partial charge in [0.25, 0.3) is 5.88 Å². The summed E-state index contributed by atoms with van der Waals surface area (Å²) in [5.74, 6) is -1.79. The first-order valence-electron chi connectivity index (χ1n) is 3.34. The third kappa shape index (κ3) is 2.59. The van der Waals surface area contributed by atoms with Crippen molar-refractivity contribution < 1.29 is 23.0 Å². The molecule has 0 saturated carbocycles. The van der Waals surface area contributed by atoms with Crippen LogP contribution in [0.4, 0.5) is 13.2 Å². The van der Waals surface area contributed by atoms with Crippen molar-refractivity contribution in [2.75, 3.05) is 0 Å². The Kier molecular flexibility index (Phi) is 3.07. The van der Waals surface area contributed by atoms with Gasteiger partial charge in [0.15, 0.2) is 5.82 Å². The molecule has 0 radical (unpaired) electrons. The number of aliphatic hydroxyl groups is 1. The maximum absolute atomic E-state index is 12.7. The second-order valence-electron chi connectivity index (χ2n) is 2.13. The van der Waals surface area contributed by atoms with E-state index in [0.717, 1.165) is 6.07 Å². The number of nitrogens with zero attached hydrogens (tertiary/aromatic N) is 1. The van der Waals surface area contributed by atoms with Crippen molar-refractivity contribution in [1.82, 2.24) is 4.98 Å². The van der Waals surface area contributed by atoms with Gasteiger partial charge in [-0.1, -0.05) is 0 Å². The largest absolute Gasteiger partial charge is 0.414 e. The maximum Gasteiger partial charge on any atom is 0.388 e. The number of alkyl halides is 2. The number of halogens is 3. The molecule has 1 rings (SSSR count). The lowest BCUT2D eigenvalue weighted by atomic mass is 10.3. The van der Waals surface area contributed by atoms with Gasteiger partial charge in [0.2, 0.25) is 0 Å². The van der Waals surface area contributed by atoms with Gasteiger partial charge in [-0.3, -0.25) is 0 Å². The summed E-state index contributed by atoms with van der Waals surface area (Å²) in [7, 11) is 0. The van der Waals surface area contributed by atoms with Crippen LogP contribution in [0.3, 0.4) is 0 Å². The molecule has 0 unspecified atom stereocenters. The zero-order chi connectivity index (χ0) is 9.84. The van der Waals surface area contributed by atoms with Crippen molar-refractivity contribution in [1.29, 1.82) is 0 Å². The van der Waals surface area contributed by atoms with Crippen LogP contribution in [0.1, 0.15) is 5.69 Å². The van der Waals surface area contributed by atoms with Crippen LogP contribution < -0.4 is 4.74 Å². The third-order valence-corrected chi connectivity index (χ3v) is 1.23. The molecule has 0 fully saturated rings. The number of aliphatic hydroxyl groups excluding tert-OH is 1. The number of hydrogen-bond donors (Lipinski definition) is 1. The zero-order valence-electron chi connectivity index (χ0n) is 6.38. The molecule has 1 N–H and O–H groups in total. The highest BCUT2D eigenvalue weighted by Crippen LogP contribution is 2.16. The minimum absolute atomic E-state index is 0.0667. The van der Waals surface area contributed by atoms with Crippen molar-refractivity contribution in [2.45, 2.75) is 13.2 Å². The van der Waals surface area contributed by atoms with Crippen LogP contribution in [0.5, 0.6) is 5.88 Å². The van der Waals surface area contributed by atoms with E-state index in [4.69, 9.17) is 5.11 Å². The van der Waals surface area contributed by atoms with E-state index in [1.165, 1.54) is 6.07 Å². The molecule has 3 nitrogen and oxygen atoms in total. The van der Waals surface area contributed by atoms with Crippen LogP contribution in [0.15, 0.2) is 12.1 Å². The van der Waals surface area contributed by atoms with E-state index >= 15 is 0 Å². The average Bonchev–Trinajstić information content (AvgIpc) is 2.08. The SMILES string of the molecule is OCc1ccc(F)c(OC(F)F)n1. The van der Waals surface area contributed by atoms with Gasteiger partial charge in [0.05, 0.1) is 12.3 Å². The number of pyridine rings is 1. The van der Waals surface area contributed by atoms with Gasteiger partial charge in [0.1, 0.15) is 0 Å². The summed E-state index contributed by atoms with van der Waals surface area (Å²) in [6.07, 6.45) is 0. The summed E-state index contributed by atoms with van der Waals surface area (Å²) in [6, 6.07) is 2.07. The standard InChI is InChI=1S/C7H6F3NO2/c8-5-2-1-4(3-12)11-6(5)13-7(9)10/h1-2,7,12H,3H2. The number of rotatable bonds is 3. The van der Waals surface area contributed by atoms with E-state index in [1.807, 2.05) is 0 Å². The van der Waals surface area contributed by atoms with Crippen LogP contribution in [0, 0.1) is 5.82 Å². The molecule has 0 aromatic carbocycles. The topological polar surface area (TPSA) is 42.4 Å². The fourth-order valence-corrected chi connectivity index (χ4v) is 0.717. The lowest BCUT2D eigenvalue weighted by molar-refractivity contribution is -0.0555. The Balaban J connectivity index is 2.90. The molecule has 6 heteroatoms. The predicted molar refractivity (Wildman–Crippen MR) is 36.7 cm³/mol. The van der Waals surface area contributed by atoms with Gasteiger partial charge in [-0.15, -0.1) is 0 Å². The molecule has 1 aromatic rings. The molecule has 0 amide bonds. The van der Waals surface area contributed by atoms with Gasteiger partial charge in [-0.05, 0) is 12.1 Å². The highest BCUT2D eigenvalue weighted by Gasteiger charge is 2.11. The summed E-state index contributed by atoms with van der Waals surface area (Å²) in [6.45, 7) is -3.59. The van der Waals surface area contributed by atoms with Gasteiger partial charge in [0, 0.05) is 0 Å². The molecular weight excluding hydrogens is 187 g/mol. The van der Waals surface area contributed by atoms with E-state index in [-0.39, 0.29) is 5.69 Å². The molecule has 0 aliphatic carbocycles. The normalized spacial score (nSPS) is 10.5. The van der Waals surface area contributed by atoms with Crippen molar-refractivity contribution >= 4 is 0 Å². The van der Waals surface area contributed by atoms with Crippen molar-refractivity contribution in [2.24, 2.45) is 0 Å². The summed E-state index contributed by atoms with van der Waals surface area (Å²) in [5, 5.41) is 8.56. The molecule has 0 aliphatic heterocycles.